The summed E-state index contributed by atoms with van der Waals surface area (Å²) in [5, 5.41) is 13.8. The van der Waals surface area contributed by atoms with E-state index in [9.17, 15) is 5.11 Å². The van der Waals surface area contributed by atoms with E-state index >= 15 is 0 Å². The minimum absolute atomic E-state index is 0.102. The lowest BCUT2D eigenvalue weighted by Gasteiger charge is -2.35. The van der Waals surface area contributed by atoms with E-state index in [1.807, 2.05) is 6.92 Å². The molecule has 0 aromatic carbocycles. The van der Waals surface area contributed by atoms with Gasteiger partial charge in [0.1, 0.15) is 10.6 Å². The van der Waals surface area contributed by atoms with E-state index < -0.39 is 0 Å². The summed E-state index contributed by atoms with van der Waals surface area (Å²) in [6, 6.07) is 2.16. The molecule has 0 aliphatic heterocycles. The molecule has 0 radical (unpaired) electrons. The number of aliphatic hydroxyl groups excluding tert-OH is 1. The zero-order valence-corrected chi connectivity index (χ0v) is 13.6. The molecule has 2 N–H and O–H groups in total. The molecule has 0 bridgehead atoms. The molecular formula is C15H22N4OS. The fourth-order valence-corrected chi connectivity index (χ4v) is 3.75. The zero-order chi connectivity index (χ0) is 15.0. The molecule has 0 unspecified atom stereocenters. The van der Waals surface area contributed by atoms with Gasteiger partial charge in [0.2, 0.25) is 5.95 Å². The van der Waals surface area contributed by atoms with E-state index in [1.165, 1.54) is 4.88 Å². The second-order valence-electron chi connectivity index (χ2n) is 5.85. The molecule has 3 rings (SSSR count). The lowest BCUT2D eigenvalue weighted by molar-refractivity contribution is 0.0464. The van der Waals surface area contributed by atoms with Crippen LogP contribution in [0.5, 0.6) is 0 Å². The first kappa shape index (κ1) is 14.5. The standard InChI is InChI=1S/C15H22N4OS/c1-4-16-15-17-13(12-5-9(2)21-14(12)18-15)19(3)8-10-6-11(20)7-10/h5,10-11,20H,4,6-8H2,1-3H3,(H,16,17,18). The van der Waals surface area contributed by atoms with Crippen LogP contribution in [0.3, 0.4) is 0 Å². The molecule has 1 aliphatic carbocycles. The normalized spacial score (nSPS) is 21.3. The van der Waals surface area contributed by atoms with Crippen LogP contribution >= 0.6 is 11.3 Å². The van der Waals surface area contributed by atoms with Gasteiger partial charge in [0, 0.05) is 25.0 Å². The molecule has 1 saturated carbocycles. The largest absolute Gasteiger partial charge is 0.393 e. The molecule has 0 atom stereocenters. The Morgan fingerprint density at radius 1 is 1.43 bits per heavy atom. The van der Waals surface area contributed by atoms with Crippen molar-refractivity contribution in [2.24, 2.45) is 5.92 Å². The van der Waals surface area contributed by atoms with Crippen LogP contribution in [0.25, 0.3) is 10.2 Å². The molecule has 2 aromatic rings. The second kappa shape index (κ2) is 5.77. The van der Waals surface area contributed by atoms with Crippen molar-refractivity contribution in [3.05, 3.63) is 10.9 Å². The number of nitrogens with one attached hydrogen (secondary N) is 1. The number of fused-ring (bicyclic) bond motifs is 1. The van der Waals surface area contributed by atoms with E-state index in [0.717, 1.165) is 42.0 Å². The fourth-order valence-electron chi connectivity index (χ4n) is 2.88. The number of aliphatic hydroxyl groups is 1. The Hall–Kier alpha value is -1.40. The zero-order valence-electron chi connectivity index (χ0n) is 12.8. The van der Waals surface area contributed by atoms with Crippen molar-refractivity contribution in [3.8, 4) is 0 Å². The van der Waals surface area contributed by atoms with Crippen LogP contribution in [-0.2, 0) is 0 Å². The van der Waals surface area contributed by atoms with Gasteiger partial charge in [-0.3, -0.25) is 0 Å². The summed E-state index contributed by atoms with van der Waals surface area (Å²) in [6.07, 6.45) is 1.71. The van der Waals surface area contributed by atoms with E-state index in [-0.39, 0.29) is 6.10 Å². The number of nitrogens with zero attached hydrogens (tertiary/aromatic N) is 3. The summed E-state index contributed by atoms with van der Waals surface area (Å²) in [7, 11) is 2.08. The van der Waals surface area contributed by atoms with Gasteiger partial charge in [-0.15, -0.1) is 11.3 Å². The lowest BCUT2D eigenvalue weighted by Crippen LogP contribution is -2.37. The maximum atomic E-state index is 9.44. The highest BCUT2D eigenvalue weighted by atomic mass is 32.1. The van der Waals surface area contributed by atoms with Crippen LogP contribution in [0, 0.1) is 12.8 Å². The Morgan fingerprint density at radius 2 is 2.19 bits per heavy atom. The third kappa shape index (κ3) is 2.96. The van der Waals surface area contributed by atoms with Gasteiger partial charge in [0.05, 0.1) is 11.5 Å². The average Bonchev–Trinajstić information content (AvgIpc) is 2.76. The van der Waals surface area contributed by atoms with Crippen LogP contribution < -0.4 is 10.2 Å². The maximum Gasteiger partial charge on any atom is 0.226 e. The SMILES string of the molecule is CCNc1nc(N(C)CC2CC(O)C2)c2cc(C)sc2n1. The van der Waals surface area contributed by atoms with E-state index in [1.54, 1.807) is 11.3 Å². The van der Waals surface area contributed by atoms with Gasteiger partial charge in [-0.1, -0.05) is 0 Å². The van der Waals surface area contributed by atoms with Crippen molar-refractivity contribution in [3.63, 3.8) is 0 Å². The number of thiophene rings is 1. The number of hydrogen-bond donors (Lipinski definition) is 2. The number of aryl methyl sites for hydroxylation is 1. The number of anilines is 2. The Morgan fingerprint density at radius 3 is 2.86 bits per heavy atom. The number of aromatic nitrogens is 2. The first-order chi connectivity index (χ1) is 10.1. The van der Waals surface area contributed by atoms with Crippen LogP contribution in [0.4, 0.5) is 11.8 Å². The van der Waals surface area contributed by atoms with Gasteiger partial charge in [-0.25, -0.2) is 4.98 Å². The lowest BCUT2D eigenvalue weighted by atomic mass is 9.82. The molecular weight excluding hydrogens is 284 g/mol. The highest BCUT2D eigenvalue weighted by Crippen LogP contribution is 2.34. The first-order valence-electron chi connectivity index (χ1n) is 7.48. The Kier molecular flexibility index (Phi) is 3.99. The molecule has 21 heavy (non-hydrogen) atoms. The van der Waals surface area contributed by atoms with E-state index in [2.05, 4.69) is 40.2 Å². The van der Waals surface area contributed by atoms with Crippen molar-refractivity contribution in [1.29, 1.82) is 0 Å². The van der Waals surface area contributed by atoms with Crippen LogP contribution in [0.2, 0.25) is 0 Å². The van der Waals surface area contributed by atoms with Crippen molar-refractivity contribution < 1.29 is 5.11 Å². The predicted molar refractivity (Wildman–Crippen MR) is 88.3 cm³/mol. The van der Waals surface area contributed by atoms with Gasteiger partial charge >= 0.3 is 0 Å². The summed E-state index contributed by atoms with van der Waals surface area (Å²) in [4.78, 5) is 13.8. The van der Waals surface area contributed by atoms with Gasteiger partial charge in [-0.05, 0) is 38.7 Å². The minimum atomic E-state index is -0.102. The highest BCUT2D eigenvalue weighted by molar-refractivity contribution is 7.18. The number of hydrogen-bond acceptors (Lipinski definition) is 6. The van der Waals surface area contributed by atoms with Crippen molar-refractivity contribution >= 4 is 33.3 Å². The quantitative estimate of drug-likeness (QED) is 0.889. The van der Waals surface area contributed by atoms with Gasteiger partial charge in [0.15, 0.2) is 0 Å². The van der Waals surface area contributed by atoms with Crippen molar-refractivity contribution in [2.45, 2.75) is 32.8 Å². The molecule has 0 saturated heterocycles. The third-order valence-corrected chi connectivity index (χ3v) is 4.88. The monoisotopic (exact) mass is 306 g/mol. The summed E-state index contributed by atoms with van der Waals surface area (Å²) in [6.45, 7) is 5.90. The molecule has 2 aromatic heterocycles. The van der Waals surface area contributed by atoms with Gasteiger partial charge in [0.25, 0.3) is 0 Å². The topological polar surface area (TPSA) is 61.3 Å². The molecule has 6 heteroatoms. The molecule has 2 heterocycles. The summed E-state index contributed by atoms with van der Waals surface area (Å²) < 4.78 is 0. The third-order valence-electron chi connectivity index (χ3n) is 3.94. The van der Waals surface area contributed by atoms with Crippen molar-refractivity contribution in [1.82, 2.24) is 9.97 Å². The minimum Gasteiger partial charge on any atom is -0.393 e. The number of rotatable bonds is 5. The Balaban J connectivity index is 1.90. The van der Waals surface area contributed by atoms with E-state index in [4.69, 9.17) is 0 Å². The van der Waals surface area contributed by atoms with E-state index in [0.29, 0.717) is 11.9 Å². The molecule has 1 aliphatic rings. The van der Waals surface area contributed by atoms with Crippen LogP contribution in [0.1, 0.15) is 24.6 Å². The molecule has 1 fully saturated rings. The Labute approximate surface area is 129 Å². The average molecular weight is 306 g/mol. The smallest absolute Gasteiger partial charge is 0.226 e. The predicted octanol–water partition coefficient (Wildman–Crippen LogP) is 2.64. The fraction of sp³-hybridized carbons (Fsp3) is 0.600. The Bertz CT molecular complexity index is 636. The van der Waals surface area contributed by atoms with Crippen molar-refractivity contribution in [2.75, 3.05) is 30.4 Å². The van der Waals surface area contributed by atoms with Crippen LogP contribution in [0.15, 0.2) is 6.07 Å². The van der Waals surface area contributed by atoms with Crippen LogP contribution in [-0.4, -0.2) is 41.3 Å². The molecule has 114 valence electrons. The second-order valence-corrected chi connectivity index (χ2v) is 7.08. The maximum absolute atomic E-state index is 9.44. The summed E-state index contributed by atoms with van der Waals surface area (Å²) in [5.74, 6) is 2.25. The molecule has 5 nitrogen and oxygen atoms in total. The summed E-state index contributed by atoms with van der Waals surface area (Å²) in [5.41, 5.74) is 0. The summed E-state index contributed by atoms with van der Waals surface area (Å²) >= 11 is 1.70. The van der Waals surface area contributed by atoms with Gasteiger partial charge in [-0.2, -0.15) is 4.98 Å². The molecule has 0 amide bonds. The molecule has 0 spiro atoms. The van der Waals surface area contributed by atoms with Gasteiger partial charge < -0.3 is 15.3 Å². The highest BCUT2D eigenvalue weighted by Gasteiger charge is 2.28. The first-order valence-corrected chi connectivity index (χ1v) is 8.29.